The summed E-state index contributed by atoms with van der Waals surface area (Å²) in [5, 5.41) is 2.99. The molecule has 1 aromatic carbocycles. The molecule has 0 radical (unpaired) electrons. The number of hydrogen-bond donors (Lipinski definition) is 1. The SMILES string of the molecule is CS(=O)(=O)N(CC(=O)NC1CCCCC1)c1ccc(N2CCCC2)cc1. The second-order valence-corrected chi connectivity index (χ2v) is 9.29. The first-order valence-corrected chi connectivity index (χ1v) is 11.4. The van der Waals surface area contributed by atoms with E-state index in [0.29, 0.717) is 5.69 Å². The zero-order valence-corrected chi connectivity index (χ0v) is 16.3. The van der Waals surface area contributed by atoms with Crippen LogP contribution in [0.1, 0.15) is 44.9 Å². The number of sulfonamides is 1. The first-order valence-electron chi connectivity index (χ1n) is 9.55. The molecule has 1 saturated heterocycles. The number of nitrogens with one attached hydrogen (secondary N) is 1. The van der Waals surface area contributed by atoms with E-state index in [0.717, 1.165) is 50.7 Å². The molecule has 3 rings (SSSR count). The number of anilines is 2. The summed E-state index contributed by atoms with van der Waals surface area (Å²) in [6.45, 7) is 1.91. The van der Waals surface area contributed by atoms with Gasteiger partial charge in [0.25, 0.3) is 0 Å². The summed E-state index contributed by atoms with van der Waals surface area (Å²) < 4.78 is 25.7. The molecule has 2 fully saturated rings. The third kappa shape index (κ3) is 4.90. The van der Waals surface area contributed by atoms with Crippen LogP contribution in [0.3, 0.4) is 0 Å². The van der Waals surface area contributed by atoms with Gasteiger partial charge in [0.2, 0.25) is 15.9 Å². The Hall–Kier alpha value is -1.76. The van der Waals surface area contributed by atoms with Gasteiger partial charge in [0.15, 0.2) is 0 Å². The fourth-order valence-electron chi connectivity index (χ4n) is 3.86. The van der Waals surface area contributed by atoms with Gasteiger partial charge in [-0.25, -0.2) is 8.42 Å². The van der Waals surface area contributed by atoms with Gasteiger partial charge < -0.3 is 10.2 Å². The van der Waals surface area contributed by atoms with Crippen LogP contribution in [0, 0.1) is 0 Å². The van der Waals surface area contributed by atoms with Gasteiger partial charge in [0.1, 0.15) is 6.54 Å². The summed E-state index contributed by atoms with van der Waals surface area (Å²) >= 11 is 0. The second-order valence-electron chi connectivity index (χ2n) is 7.38. The zero-order valence-electron chi connectivity index (χ0n) is 15.5. The van der Waals surface area contributed by atoms with Gasteiger partial charge in [0.05, 0.1) is 11.9 Å². The summed E-state index contributed by atoms with van der Waals surface area (Å²) in [6, 6.07) is 7.65. The summed E-state index contributed by atoms with van der Waals surface area (Å²) in [5.74, 6) is -0.231. The van der Waals surface area contributed by atoms with Gasteiger partial charge in [0, 0.05) is 24.8 Å². The molecule has 1 heterocycles. The normalized spacial score (nSPS) is 18.7. The Morgan fingerprint density at radius 1 is 1.08 bits per heavy atom. The lowest BCUT2D eigenvalue weighted by atomic mass is 9.95. The molecule has 1 saturated carbocycles. The summed E-state index contributed by atoms with van der Waals surface area (Å²) in [6.07, 6.45) is 8.96. The van der Waals surface area contributed by atoms with Gasteiger partial charge in [-0.05, 0) is 49.9 Å². The summed E-state index contributed by atoms with van der Waals surface area (Å²) in [7, 11) is -3.53. The molecule has 144 valence electrons. The number of rotatable bonds is 6. The van der Waals surface area contributed by atoms with Crippen molar-refractivity contribution < 1.29 is 13.2 Å². The molecule has 2 aliphatic rings. The molecule has 1 N–H and O–H groups in total. The topological polar surface area (TPSA) is 69.7 Å². The van der Waals surface area contributed by atoms with Gasteiger partial charge in [-0.15, -0.1) is 0 Å². The van der Waals surface area contributed by atoms with Crippen molar-refractivity contribution in [3.8, 4) is 0 Å². The van der Waals surface area contributed by atoms with Gasteiger partial charge in [-0.2, -0.15) is 0 Å². The molecule has 1 aliphatic carbocycles. The predicted octanol–water partition coefficient (Wildman–Crippen LogP) is 2.50. The van der Waals surface area contributed by atoms with E-state index < -0.39 is 10.0 Å². The molecule has 0 aromatic heterocycles. The minimum Gasteiger partial charge on any atom is -0.372 e. The van der Waals surface area contributed by atoms with Crippen molar-refractivity contribution in [2.24, 2.45) is 0 Å². The molecular weight excluding hydrogens is 350 g/mol. The lowest BCUT2D eigenvalue weighted by Crippen LogP contribution is -2.44. The van der Waals surface area contributed by atoms with E-state index in [1.807, 2.05) is 12.1 Å². The molecular formula is C19H29N3O3S. The third-order valence-electron chi connectivity index (χ3n) is 5.27. The Labute approximate surface area is 156 Å². The highest BCUT2D eigenvalue weighted by Gasteiger charge is 2.23. The molecule has 7 heteroatoms. The van der Waals surface area contributed by atoms with E-state index in [1.165, 1.54) is 23.6 Å². The summed E-state index contributed by atoms with van der Waals surface area (Å²) in [4.78, 5) is 14.7. The quantitative estimate of drug-likeness (QED) is 0.824. The fourth-order valence-corrected chi connectivity index (χ4v) is 4.71. The van der Waals surface area contributed by atoms with Crippen LogP contribution in [0.25, 0.3) is 0 Å². The minimum absolute atomic E-state index is 0.168. The molecule has 0 spiro atoms. The van der Waals surface area contributed by atoms with Crippen LogP contribution in [0.15, 0.2) is 24.3 Å². The largest absolute Gasteiger partial charge is 0.372 e. The van der Waals surface area contributed by atoms with E-state index >= 15 is 0 Å². The lowest BCUT2D eigenvalue weighted by molar-refractivity contribution is -0.120. The molecule has 1 aromatic rings. The maximum atomic E-state index is 12.4. The molecule has 6 nitrogen and oxygen atoms in total. The highest BCUT2D eigenvalue weighted by molar-refractivity contribution is 7.92. The predicted molar refractivity (Wildman–Crippen MR) is 105 cm³/mol. The molecule has 1 aliphatic heterocycles. The highest BCUT2D eigenvalue weighted by atomic mass is 32.2. The van der Waals surface area contributed by atoms with Crippen LogP contribution in [0.2, 0.25) is 0 Å². The number of hydrogen-bond acceptors (Lipinski definition) is 4. The lowest BCUT2D eigenvalue weighted by Gasteiger charge is -2.26. The van der Waals surface area contributed by atoms with Crippen LogP contribution < -0.4 is 14.5 Å². The molecule has 0 unspecified atom stereocenters. The zero-order chi connectivity index (χ0) is 18.6. The van der Waals surface area contributed by atoms with Crippen LogP contribution >= 0.6 is 0 Å². The van der Waals surface area contributed by atoms with E-state index in [9.17, 15) is 13.2 Å². The maximum absolute atomic E-state index is 12.4. The second kappa shape index (κ2) is 8.29. The van der Waals surface area contributed by atoms with E-state index in [-0.39, 0.29) is 18.5 Å². The Kier molecular flexibility index (Phi) is 6.06. The average Bonchev–Trinajstić information content (AvgIpc) is 3.14. The minimum atomic E-state index is -3.53. The number of amides is 1. The number of benzene rings is 1. The van der Waals surface area contributed by atoms with Crippen molar-refractivity contribution in [1.82, 2.24) is 5.32 Å². The fraction of sp³-hybridized carbons (Fsp3) is 0.632. The first kappa shape index (κ1) is 19.0. The Balaban J connectivity index is 1.68. The van der Waals surface area contributed by atoms with Gasteiger partial charge in [-0.1, -0.05) is 19.3 Å². The standard InChI is InChI=1S/C19H29N3O3S/c1-26(24,25)22(15-19(23)20-16-7-3-2-4-8-16)18-11-9-17(10-12-18)21-13-5-6-14-21/h9-12,16H,2-8,13-15H2,1H3,(H,20,23). The molecule has 0 bridgehead atoms. The number of carbonyl (C=O) groups is 1. The third-order valence-corrected chi connectivity index (χ3v) is 6.41. The van der Waals surface area contributed by atoms with Crippen LogP contribution in [-0.4, -0.2) is 46.3 Å². The van der Waals surface area contributed by atoms with Crippen LogP contribution in [-0.2, 0) is 14.8 Å². The Morgan fingerprint density at radius 2 is 1.69 bits per heavy atom. The van der Waals surface area contributed by atoms with Crippen molar-refractivity contribution in [3.05, 3.63) is 24.3 Å². The van der Waals surface area contributed by atoms with Crippen molar-refractivity contribution in [2.75, 3.05) is 35.1 Å². The number of carbonyl (C=O) groups excluding carboxylic acids is 1. The Morgan fingerprint density at radius 3 is 2.27 bits per heavy atom. The van der Waals surface area contributed by atoms with Crippen molar-refractivity contribution in [1.29, 1.82) is 0 Å². The Bertz CT molecular complexity index is 706. The first-order chi connectivity index (χ1) is 12.4. The monoisotopic (exact) mass is 379 g/mol. The average molecular weight is 380 g/mol. The molecule has 0 atom stereocenters. The van der Waals surface area contributed by atoms with E-state index in [1.54, 1.807) is 12.1 Å². The summed E-state index contributed by atoms with van der Waals surface area (Å²) in [5.41, 5.74) is 1.64. The van der Waals surface area contributed by atoms with Crippen molar-refractivity contribution in [3.63, 3.8) is 0 Å². The van der Waals surface area contributed by atoms with E-state index in [2.05, 4.69) is 10.2 Å². The molecule has 1 amide bonds. The highest BCUT2D eigenvalue weighted by Crippen LogP contribution is 2.25. The number of nitrogens with zero attached hydrogens (tertiary/aromatic N) is 2. The van der Waals surface area contributed by atoms with Crippen LogP contribution in [0.5, 0.6) is 0 Å². The van der Waals surface area contributed by atoms with Crippen molar-refractivity contribution >= 4 is 27.3 Å². The van der Waals surface area contributed by atoms with Crippen LogP contribution in [0.4, 0.5) is 11.4 Å². The molecule has 26 heavy (non-hydrogen) atoms. The van der Waals surface area contributed by atoms with Crippen molar-refractivity contribution in [2.45, 2.75) is 51.0 Å². The maximum Gasteiger partial charge on any atom is 0.240 e. The van der Waals surface area contributed by atoms with Gasteiger partial charge >= 0.3 is 0 Å². The smallest absolute Gasteiger partial charge is 0.240 e. The van der Waals surface area contributed by atoms with Gasteiger partial charge in [-0.3, -0.25) is 9.10 Å². The van der Waals surface area contributed by atoms with E-state index in [4.69, 9.17) is 0 Å².